The number of ether oxygens (including phenoxy) is 1. The van der Waals surface area contributed by atoms with Crippen LogP contribution in [0.15, 0.2) is 39.4 Å². The fraction of sp³-hybridized carbons (Fsp3) is 0.389. The Morgan fingerprint density at radius 2 is 2.21 bits per heavy atom. The zero-order valence-electron chi connectivity index (χ0n) is 13.6. The quantitative estimate of drug-likeness (QED) is 0.779. The van der Waals surface area contributed by atoms with E-state index in [1.165, 1.54) is 6.26 Å². The zero-order chi connectivity index (χ0) is 17.1. The first kappa shape index (κ1) is 17.0. The van der Waals surface area contributed by atoms with Gasteiger partial charge in [0.1, 0.15) is 17.8 Å². The Morgan fingerprint density at radius 3 is 2.83 bits per heavy atom. The van der Waals surface area contributed by atoms with Gasteiger partial charge in [0.2, 0.25) is 0 Å². The van der Waals surface area contributed by atoms with Gasteiger partial charge in [-0.2, -0.15) is 0 Å². The Morgan fingerprint density at radius 1 is 1.42 bits per heavy atom. The average Bonchev–Trinajstić information content (AvgIpc) is 3.30. The topological polar surface area (TPSA) is 68.7 Å². The van der Waals surface area contributed by atoms with Crippen LogP contribution in [-0.2, 0) is 13.1 Å². The summed E-state index contributed by atoms with van der Waals surface area (Å²) in [4.78, 5) is 14.8. The Balaban J connectivity index is 1.84. The summed E-state index contributed by atoms with van der Waals surface area (Å²) in [5.74, 6) is 1.41. The lowest BCUT2D eigenvalue weighted by molar-refractivity contribution is 0.0727. The van der Waals surface area contributed by atoms with Crippen LogP contribution in [0.1, 0.15) is 41.4 Å². The van der Waals surface area contributed by atoms with Crippen molar-refractivity contribution in [3.05, 3.63) is 51.9 Å². The molecule has 2 aromatic rings. The Kier molecular flexibility index (Phi) is 5.26. The molecule has 0 saturated heterocycles. The van der Waals surface area contributed by atoms with Gasteiger partial charge >= 0.3 is 0 Å². The van der Waals surface area contributed by atoms with Crippen molar-refractivity contribution in [2.24, 2.45) is 5.73 Å². The Labute approximate surface area is 149 Å². The molecule has 128 valence electrons. The molecule has 0 radical (unpaired) electrons. The van der Waals surface area contributed by atoms with Crippen LogP contribution in [-0.4, -0.2) is 23.5 Å². The number of halogens is 1. The molecule has 6 heteroatoms. The first-order valence-corrected chi connectivity index (χ1v) is 8.91. The number of carbonyl (C=O) groups is 1. The van der Waals surface area contributed by atoms with Gasteiger partial charge in [-0.15, -0.1) is 0 Å². The van der Waals surface area contributed by atoms with E-state index < -0.39 is 0 Å². The number of hydrogen-bond donors (Lipinski definition) is 1. The van der Waals surface area contributed by atoms with Crippen molar-refractivity contribution in [2.75, 3.05) is 6.61 Å². The molecule has 1 aliphatic rings. The van der Waals surface area contributed by atoms with Crippen LogP contribution in [0.3, 0.4) is 0 Å². The predicted molar refractivity (Wildman–Crippen MR) is 94.8 cm³/mol. The van der Waals surface area contributed by atoms with Crippen LogP contribution >= 0.6 is 15.9 Å². The fourth-order valence-electron chi connectivity index (χ4n) is 2.67. The monoisotopic (exact) mass is 392 g/mol. The summed E-state index contributed by atoms with van der Waals surface area (Å²) in [6.45, 7) is 3.35. The van der Waals surface area contributed by atoms with E-state index in [0.29, 0.717) is 24.5 Å². The van der Waals surface area contributed by atoms with Crippen molar-refractivity contribution in [1.82, 2.24) is 4.90 Å². The van der Waals surface area contributed by atoms with Gasteiger partial charge in [0.15, 0.2) is 0 Å². The minimum atomic E-state index is -0.0247. The van der Waals surface area contributed by atoms with E-state index in [4.69, 9.17) is 14.9 Å². The summed E-state index contributed by atoms with van der Waals surface area (Å²) in [6.07, 6.45) is 3.56. The largest absolute Gasteiger partial charge is 0.494 e. The van der Waals surface area contributed by atoms with Crippen molar-refractivity contribution in [3.8, 4) is 5.75 Å². The highest BCUT2D eigenvalue weighted by molar-refractivity contribution is 9.10. The maximum Gasteiger partial charge on any atom is 0.257 e. The van der Waals surface area contributed by atoms with Gasteiger partial charge in [-0.3, -0.25) is 4.79 Å². The summed E-state index contributed by atoms with van der Waals surface area (Å²) < 4.78 is 12.0. The van der Waals surface area contributed by atoms with E-state index in [1.54, 1.807) is 6.07 Å². The minimum absolute atomic E-state index is 0.0247. The summed E-state index contributed by atoms with van der Waals surface area (Å²) in [7, 11) is 0. The van der Waals surface area contributed by atoms with Gasteiger partial charge in [-0.25, -0.2) is 0 Å². The molecule has 1 fully saturated rings. The molecule has 3 rings (SSSR count). The van der Waals surface area contributed by atoms with Gasteiger partial charge in [0.05, 0.1) is 18.7 Å². The van der Waals surface area contributed by atoms with E-state index in [9.17, 15) is 4.79 Å². The van der Waals surface area contributed by atoms with Crippen molar-refractivity contribution in [1.29, 1.82) is 0 Å². The highest BCUT2D eigenvalue weighted by Crippen LogP contribution is 2.33. The molecule has 0 atom stereocenters. The molecular formula is C18H21BrN2O3. The third-order valence-corrected chi connectivity index (χ3v) is 4.51. The summed E-state index contributed by atoms with van der Waals surface area (Å²) >= 11 is 3.50. The summed E-state index contributed by atoms with van der Waals surface area (Å²) in [6, 6.07) is 7.89. The van der Waals surface area contributed by atoms with E-state index >= 15 is 0 Å². The van der Waals surface area contributed by atoms with Crippen LogP contribution in [0.2, 0.25) is 0 Å². The predicted octanol–water partition coefficient (Wildman–Crippen LogP) is 3.70. The first-order valence-electron chi connectivity index (χ1n) is 8.12. The van der Waals surface area contributed by atoms with Crippen LogP contribution in [0.4, 0.5) is 0 Å². The molecule has 1 aromatic heterocycles. The van der Waals surface area contributed by atoms with Crippen LogP contribution in [0.5, 0.6) is 5.75 Å². The number of nitrogens with zero attached hydrogens (tertiary/aromatic N) is 1. The molecule has 5 nitrogen and oxygen atoms in total. The third-order valence-electron chi connectivity index (χ3n) is 4.01. The van der Waals surface area contributed by atoms with Crippen molar-refractivity contribution in [2.45, 2.75) is 38.9 Å². The standard InChI is InChI=1S/C18H21BrN2O3/c1-2-23-17-6-3-14(19)7-12(17)10-21(15-4-5-15)18(22)13-8-16(9-20)24-11-13/h3,6-8,11,15H,2,4-5,9-10,20H2,1H3. The fourth-order valence-corrected chi connectivity index (χ4v) is 3.08. The second kappa shape index (κ2) is 7.40. The van der Waals surface area contributed by atoms with Crippen molar-refractivity contribution < 1.29 is 13.9 Å². The van der Waals surface area contributed by atoms with Crippen LogP contribution < -0.4 is 10.5 Å². The lowest BCUT2D eigenvalue weighted by Crippen LogP contribution is -2.32. The molecule has 24 heavy (non-hydrogen) atoms. The molecule has 1 heterocycles. The normalized spacial score (nSPS) is 13.8. The minimum Gasteiger partial charge on any atom is -0.494 e. The maximum atomic E-state index is 12.9. The number of carbonyl (C=O) groups excluding carboxylic acids is 1. The van der Waals surface area contributed by atoms with Gasteiger partial charge in [0.25, 0.3) is 5.91 Å². The molecular weight excluding hydrogens is 372 g/mol. The van der Waals surface area contributed by atoms with Crippen molar-refractivity contribution >= 4 is 21.8 Å². The molecule has 1 amide bonds. The molecule has 1 aromatic carbocycles. The Bertz CT molecular complexity index is 725. The number of furan rings is 1. The lowest BCUT2D eigenvalue weighted by Gasteiger charge is -2.23. The van der Waals surface area contributed by atoms with E-state index in [1.807, 2.05) is 30.0 Å². The van der Waals surface area contributed by atoms with Gasteiger partial charge in [-0.1, -0.05) is 15.9 Å². The van der Waals surface area contributed by atoms with Crippen LogP contribution in [0, 0.1) is 0 Å². The second-order valence-corrected chi connectivity index (χ2v) is 6.77. The number of nitrogens with two attached hydrogens (primary N) is 1. The highest BCUT2D eigenvalue weighted by atomic mass is 79.9. The highest BCUT2D eigenvalue weighted by Gasteiger charge is 2.34. The van der Waals surface area contributed by atoms with Gasteiger partial charge < -0.3 is 19.8 Å². The number of benzene rings is 1. The van der Waals surface area contributed by atoms with Gasteiger partial charge in [-0.05, 0) is 44.0 Å². The SMILES string of the molecule is CCOc1ccc(Br)cc1CN(C(=O)c1coc(CN)c1)C1CC1. The summed E-state index contributed by atoms with van der Waals surface area (Å²) in [5, 5.41) is 0. The molecule has 0 spiro atoms. The molecule has 1 aliphatic carbocycles. The van der Waals surface area contributed by atoms with E-state index in [2.05, 4.69) is 15.9 Å². The molecule has 0 aliphatic heterocycles. The second-order valence-electron chi connectivity index (χ2n) is 5.86. The molecule has 0 bridgehead atoms. The smallest absolute Gasteiger partial charge is 0.257 e. The zero-order valence-corrected chi connectivity index (χ0v) is 15.2. The lowest BCUT2D eigenvalue weighted by atomic mass is 10.1. The van der Waals surface area contributed by atoms with Gasteiger partial charge in [0, 0.05) is 22.6 Å². The van der Waals surface area contributed by atoms with E-state index in [0.717, 1.165) is 28.6 Å². The maximum absolute atomic E-state index is 12.9. The summed E-state index contributed by atoms with van der Waals surface area (Å²) in [5.41, 5.74) is 7.11. The van der Waals surface area contributed by atoms with E-state index in [-0.39, 0.29) is 18.5 Å². The third kappa shape index (κ3) is 3.82. The van der Waals surface area contributed by atoms with Crippen molar-refractivity contribution in [3.63, 3.8) is 0 Å². The average molecular weight is 393 g/mol. The number of amides is 1. The van der Waals surface area contributed by atoms with Crippen LogP contribution in [0.25, 0.3) is 0 Å². The number of hydrogen-bond acceptors (Lipinski definition) is 4. The Hall–Kier alpha value is -1.79. The first-order chi connectivity index (χ1) is 11.6. The molecule has 2 N–H and O–H groups in total. The number of rotatable bonds is 7. The molecule has 1 saturated carbocycles. The molecule has 0 unspecified atom stereocenters.